The first-order valence-corrected chi connectivity index (χ1v) is 9.60. The quantitative estimate of drug-likeness (QED) is 0.327. The van der Waals surface area contributed by atoms with Crippen molar-refractivity contribution >= 4 is 51.6 Å². The average Bonchev–Trinajstić information content (AvgIpc) is 2.60. The molecule has 2 N–H and O–H groups in total. The van der Waals surface area contributed by atoms with E-state index in [1.165, 1.54) is 24.8 Å². The number of thioether (sulfide) groups is 1. The molecule has 0 saturated heterocycles. The summed E-state index contributed by atoms with van der Waals surface area (Å²) in [5.74, 6) is -0.810. The zero-order valence-electron chi connectivity index (χ0n) is 14.0. The number of rotatable bonds is 5. The summed E-state index contributed by atoms with van der Waals surface area (Å²) < 4.78 is 40.1. The summed E-state index contributed by atoms with van der Waals surface area (Å²) in [7, 11) is 0. The van der Waals surface area contributed by atoms with Gasteiger partial charge in [0.15, 0.2) is 5.69 Å². The Labute approximate surface area is 172 Å². The Kier molecular flexibility index (Phi) is 6.77. The van der Waals surface area contributed by atoms with Crippen LogP contribution in [-0.2, 0) is 11.0 Å². The Morgan fingerprint density at radius 3 is 2.44 bits per heavy atom. The zero-order chi connectivity index (χ0) is 20.2. The van der Waals surface area contributed by atoms with Gasteiger partial charge >= 0.3 is 6.18 Å². The maximum Gasteiger partial charge on any atom is 0.407 e. The molecule has 1 atom stereocenters. The molecular weight excluding hydrogens is 492 g/mol. The van der Waals surface area contributed by atoms with Gasteiger partial charge < -0.3 is 10.4 Å². The van der Waals surface area contributed by atoms with Crippen molar-refractivity contribution in [2.75, 3.05) is 11.1 Å². The molecule has 142 valence electrons. The van der Waals surface area contributed by atoms with E-state index in [9.17, 15) is 23.1 Å². The molecule has 9 heteroatoms. The van der Waals surface area contributed by atoms with Crippen molar-refractivity contribution in [1.29, 1.82) is 0 Å². The maximum absolute atomic E-state index is 13.0. The largest absolute Gasteiger partial charge is 0.407 e. The fraction of sp³-hybridized carbons (Fsp3) is 0.222. The van der Waals surface area contributed by atoms with Crippen LogP contribution in [0.25, 0.3) is 4.85 Å². The van der Waals surface area contributed by atoms with Crippen LogP contribution in [-0.4, -0.2) is 22.4 Å². The Hall–Kier alpha value is -1.77. The second kappa shape index (κ2) is 8.50. The first-order chi connectivity index (χ1) is 12.5. The van der Waals surface area contributed by atoms with Crippen molar-refractivity contribution in [2.45, 2.75) is 23.6 Å². The Morgan fingerprint density at radius 2 is 1.89 bits per heavy atom. The zero-order valence-corrected chi connectivity index (χ0v) is 16.9. The highest BCUT2D eigenvalue weighted by molar-refractivity contribution is 14.1. The molecule has 0 bridgehead atoms. The third-order valence-corrected chi connectivity index (χ3v) is 5.53. The van der Waals surface area contributed by atoms with Crippen LogP contribution in [0.3, 0.4) is 0 Å². The highest BCUT2D eigenvalue weighted by atomic mass is 127. The number of alkyl halides is 3. The van der Waals surface area contributed by atoms with Gasteiger partial charge in [-0.25, -0.2) is 4.85 Å². The van der Waals surface area contributed by atoms with Crippen LogP contribution in [0.4, 0.5) is 24.5 Å². The third kappa shape index (κ3) is 5.85. The second-order valence-electron chi connectivity index (χ2n) is 5.81. The predicted molar refractivity (Wildman–Crippen MR) is 107 cm³/mol. The molecule has 1 unspecified atom stereocenters. The normalized spacial score (nSPS) is 13.5. The molecule has 0 aliphatic rings. The third-order valence-electron chi connectivity index (χ3n) is 3.50. The fourth-order valence-corrected chi connectivity index (χ4v) is 3.29. The summed E-state index contributed by atoms with van der Waals surface area (Å²) >= 11 is 3.41. The van der Waals surface area contributed by atoms with E-state index in [2.05, 4.69) is 32.8 Å². The van der Waals surface area contributed by atoms with E-state index in [0.29, 0.717) is 6.07 Å². The molecule has 0 aliphatic carbocycles. The van der Waals surface area contributed by atoms with Crippen LogP contribution in [0.2, 0.25) is 0 Å². The van der Waals surface area contributed by atoms with Crippen molar-refractivity contribution in [3.63, 3.8) is 0 Å². The summed E-state index contributed by atoms with van der Waals surface area (Å²) in [6, 6.07) is 10.3. The molecule has 27 heavy (non-hydrogen) atoms. The summed E-state index contributed by atoms with van der Waals surface area (Å²) in [5, 5.41) is 12.7. The van der Waals surface area contributed by atoms with E-state index < -0.39 is 28.9 Å². The summed E-state index contributed by atoms with van der Waals surface area (Å²) in [6.45, 7) is 8.11. The molecule has 0 heterocycles. The lowest BCUT2D eigenvalue weighted by molar-refractivity contribution is -0.137. The Balaban J connectivity index is 2.11. The number of hydrogen-bond acceptors (Lipinski definition) is 3. The van der Waals surface area contributed by atoms with Crippen molar-refractivity contribution in [2.24, 2.45) is 0 Å². The van der Waals surface area contributed by atoms with E-state index in [-0.39, 0.29) is 11.4 Å². The van der Waals surface area contributed by atoms with Crippen LogP contribution in [0.15, 0.2) is 47.4 Å². The van der Waals surface area contributed by atoms with Gasteiger partial charge in [0.05, 0.1) is 12.1 Å². The monoisotopic (exact) mass is 506 g/mol. The van der Waals surface area contributed by atoms with Gasteiger partial charge in [-0.3, -0.25) is 4.79 Å². The second-order valence-corrected chi connectivity index (χ2v) is 8.11. The molecule has 0 aromatic heterocycles. The van der Waals surface area contributed by atoms with Crippen molar-refractivity contribution in [3.8, 4) is 0 Å². The molecule has 2 rings (SSSR count). The molecule has 4 nitrogen and oxygen atoms in total. The highest BCUT2D eigenvalue weighted by Crippen LogP contribution is 2.38. The van der Waals surface area contributed by atoms with E-state index in [1.807, 2.05) is 24.3 Å². The standard InChI is InChI=1S/C18H14F3IN2O2S/c1-17(26,10-27-13-6-3-11(22)4-7-13)16(25)24-12-5-8-15(23-2)14(9-12)18(19,20)21/h3-9,26H,10H2,1H3,(H,24,25). The molecule has 1 amide bonds. The maximum atomic E-state index is 13.0. The number of carbonyl (C=O) groups excluding carboxylic acids is 1. The van der Waals surface area contributed by atoms with Crippen LogP contribution in [0.5, 0.6) is 0 Å². The summed E-state index contributed by atoms with van der Waals surface area (Å²) in [4.78, 5) is 16.0. The Morgan fingerprint density at radius 1 is 1.26 bits per heavy atom. The number of benzene rings is 2. The minimum Gasteiger partial charge on any atom is -0.379 e. The SMILES string of the molecule is [C-]#[N+]c1ccc(NC(=O)C(C)(O)CSc2ccc(I)cc2)cc1C(F)(F)F. The van der Waals surface area contributed by atoms with Crippen LogP contribution >= 0.6 is 34.4 Å². The number of carbonyl (C=O) groups is 1. The highest BCUT2D eigenvalue weighted by Gasteiger charge is 2.35. The molecule has 2 aromatic rings. The van der Waals surface area contributed by atoms with Gasteiger partial charge in [-0.15, -0.1) is 11.8 Å². The fourth-order valence-electron chi connectivity index (χ4n) is 2.02. The lowest BCUT2D eigenvalue weighted by atomic mass is 10.1. The number of nitrogens with zero attached hydrogens (tertiary/aromatic N) is 1. The summed E-state index contributed by atoms with van der Waals surface area (Å²) in [6.07, 6.45) is -4.72. The Bertz CT molecular complexity index is 878. The van der Waals surface area contributed by atoms with E-state index in [4.69, 9.17) is 6.57 Å². The minimum atomic E-state index is -4.72. The number of aliphatic hydroxyl groups is 1. The lowest BCUT2D eigenvalue weighted by Crippen LogP contribution is -2.42. The predicted octanol–water partition coefficient (Wildman–Crippen LogP) is 5.34. The molecule has 0 spiro atoms. The average molecular weight is 506 g/mol. The van der Waals surface area contributed by atoms with Crippen molar-refractivity contribution in [1.82, 2.24) is 0 Å². The summed E-state index contributed by atoms with van der Waals surface area (Å²) in [5.41, 5.74) is -3.63. The smallest absolute Gasteiger partial charge is 0.379 e. The molecule has 0 aliphatic heterocycles. The molecule has 2 aromatic carbocycles. The minimum absolute atomic E-state index is 0.0195. The molecule has 0 fully saturated rings. The van der Waals surface area contributed by atoms with Gasteiger partial charge in [-0.05, 0) is 65.9 Å². The number of hydrogen-bond donors (Lipinski definition) is 2. The van der Waals surface area contributed by atoms with Gasteiger partial charge in [-0.1, -0.05) is 6.07 Å². The van der Waals surface area contributed by atoms with Crippen LogP contribution in [0, 0.1) is 10.1 Å². The van der Waals surface area contributed by atoms with Gasteiger partial charge in [0.25, 0.3) is 5.91 Å². The van der Waals surface area contributed by atoms with Gasteiger partial charge in [0.1, 0.15) is 5.60 Å². The topological polar surface area (TPSA) is 53.7 Å². The number of anilines is 1. The van der Waals surface area contributed by atoms with E-state index in [0.717, 1.165) is 14.5 Å². The molecular formula is C18H14F3IN2O2S. The van der Waals surface area contributed by atoms with Gasteiger partial charge in [0, 0.05) is 19.9 Å². The molecule has 0 radical (unpaired) electrons. The van der Waals surface area contributed by atoms with Crippen LogP contribution < -0.4 is 5.32 Å². The number of halogens is 4. The molecule has 0 saturated carbocycles. The van der Waals surface area contributed by atoms with Gasteiger partial charge in [0.2, 0.25) is 0 Å². The van der Waals surface area contributed by atoms with Crippen molar-refractivity contribution in [3.05, 3.63) is 63.0 Å². The van der Waals surface area contributed by atoms with E-state index in [1.54, 1.807) is 0 Å². The lowest BCUT2D eigenvalue weighted by Gasteiger charge is -2.22. The number of nitrogens with one attached hydrogen (secondary N) is 1. The first kappa shape index (κ1) is 21.5. The van der Waals surface area contributed by atoms with Crippen LogP contribution in [0.1, 0.15) is 12.5 Å². The number of amides is 1. The van der Waals surface area contributed by atoms with Crippen molar-refractivity contribution < 1.29 is 23.1 Å². The van der Waals surface area contributed by atoms with E-state index >= 15 is 0 Å². The van der Waals surface area contributed by atoms with Gasteiger partial charge in [-0.2, -0.15) is 13.2 Å². The first-order valence-electron chi connectivity index (χ1n) is 7.54.